The van der Waals surface area contributed by atoms with Gasteiger partial charge in [-0.25, -0.2) is 0 Å². The number of hydrogen-bond donors (Lipinski definition) is 2. The molecule has 0 saturated heterocycles. The van der Waals surface area contributed by atoms with Crippen LogP contribution in [0.15, 0.2) is 118 Å². The first-order chi connectivity index (χ1) is 14.7. The molecular formula is C24H20N6. The van der Waals surface area contributed by atoms with Crippen LogP contribution in [0, 0.1) is 0 Å². The van der Waals surface area contributed by atoms with E-state index < -0.39 is 0 Å². The fourth-order valence-corrected chi connectivity index (χ4v) is 2.90. The van der Waals surface area contributed by atoms with Gasteiger partial charge in [-0.05, 0) is 54.1 Å². The summed E-state index contributed by atoms with van der Waals surface area (Å²) in [7, 11) is 0. The molecule has 0 amide bonds. The zero-order valence-electron chi connectivity index (χ0n) is 16.2. The number of hydrogen-bond acceptors (Lipinski definition) is 6. The Balaban J connectivity index is 1.54. The highest BCUT2D eigenvalue weighted by Crippen LogP contribution is 2.34. The molecule has 0 fully saturated rings. The van der Waals surface area contributed by atoms with Crippen molar-refractivity contribution in [1.29, 1.82) is 0 Å². The molecule has 4 aromatic rings. The predicted molar refractivity (Wildman–Crippen MR) is 122 cm³/mol. The van der Waals surface area contributed by atoms with E-state index in [1.807, 2.05) is 91.0 Å². The Bertz CT molecular complexity index is 1200. The first-order valence-electron chi connectivity index (χ1n) is 9.42. The van der Waals surface area contributed by atoms with Crippen molar-refractivity contribution in [1.82, 2.24) is 0 Å². The minimum Gasteiger partial charge on any atom is -0.398 e. The molecule has 0 radical (unpaired) electrons. The smallest absolute Gasteiger partial charge is 0.109 e. The summed E-state index contributed by atoms with van der Waals surface area (Å²) in [6.07, 6.45) is 0. The molecule has 0 heterocycles. The number of azo groups is 2. The zero-order valence-corrected chi connectivity index (χ0v) is 16.2. The number of rotatable bonds is 5. The van der Waals surface area contributed by atoms with E-state index in [0.29, 0.717) is 22.7 Å². The molecule has 0 aliphatic carbocycles. The molecule has 0 atom stereocenters. The summed E-state index contributed by atoms with van der Waals surface area (Å²) < 4.78 is 0. The van der Waals surface area contributed by atoms with Crippen molar-refractivity contribution in [3.05, 3.63) is 97.1 Å². The second-order valence-corrected chi connectivity index (χ2v) is 6.62. The Morgan fingerprint density at radius 1 is 0.467 bits per heavy atom. The summed E-state index contributed by atoms with van der Waals surface area (Å²) in [5.74, 6) is 0. The SMILES string of the molecule is Nc1cc(-c2ccc(N=Nc3ccccc3)cc2N)ccc1N=Nc1ccccc1. The third-order valence-corrected chi connectivity index (χ3v) is 4.44. The maximum Gasteiger partial charge on any atom is 0.109 e. The molecule has 0 aliphatic heterocycles. The van der Waals surface area contributed by atoms with Gasteiger partial charge in [-0.3, -0.25) is 0 Å². The Labute approximate surface area is 174 Å². The van der Waals surface area contributed by atoms with Gasteiger partial charge in [0.2, 0.25) is 0 Å². The number of anilines is 2. The van der Waals surface area contributed by atoms with Crippen LogP contribution in [0.4, 0.5) is 34.1 Å². The van der Waals surface area contributed by atoms with E-state index in [9.17, 15) is 0 Å². The monoisotopic (exact) mass is 392 g/mol. The molecule has 4 rings (SSSR count). The van der Waals surface area contributed by atoms with Crippen molar-refractivity contribution < 1.29 is 0 Å². The molecular weight excluding hydrogens is 372 g/mol. The van der Waals surface area contributed by atoms with Crippen LogP contribution in [0.2, 0.25) is 0 Å². The van der Waals surface area contributed by atoms with Crippen LogP contribution in [0.5, 0.6) is 0 Å². The Morgan fingerprint density at radius 3 is 1.67 bits per heavy atom. The topological polar surface area (TPSA) is 101 Å². The third kappa shape index (κ3) is 4.56. The zero-order chi connectivity index (χ0) is 20.8. The van der Waals surface area contributed by atoms with Gasteiger partial charge in [0.25, 0.3) is 0 Å². The van der Waals surface area contributed by atoms with Crippen molar-refractivity contribution in [3.63, 3.8) is 0 Å². The van der Waals surface area contributed by atoms with Crippen LogP contribution >= 0.6 is 0 Å². The summed E-state index contributed by atoms with van der Waals surface area (Å²) in [6.45, 7) is 0. The highest BCUT2D eigenvalue weighted by molar-refractivity contribution is 5.82. The average molecular weight is 392 g/mol. The predicted octanol–water partition coefficient (Wildman–Crippen LogP) is 7.35. The molecule has 4 aromatic carbocycles. The second kappa shape index (κ2) is 8.79. The lowest BCUT2D eigenvalue weighted by Gasteiger charge is -2.08. The van der Waals surface area contributed by atoms with E-state index in [0.717, 1.165) is 22.5 Å². The first kappa shape index (κ1) is 19.0. The van der Waals surface area contributed by atoms with Gasteiger partial charge in [-0.1, -0.05) is 48.5 Å². The lowest BCUT2D eigenvalue weighted by atomic mass is 10.0. The number of benzene rings is 4. The fraction of sp³-hybridized carbons (Fsp3) is 0. The van der Waals surface area contributed by atoms with Gasteiger partial charge < -0.3 is 11.5 Å². The molecule has 146 valence electrons. The summed E-state index contributed by atoms with van der Waals surface area (Å²) >= 11 is 0. The van der Waals surface area contributed by atoms with Crippen LogP contribution in [0.3, 0.4) is 0 Å². The molecule has 30 heavy (non-hydrogen) atoms. The van der Waals surface area contributed by atoms with Gasteiger partial charge in [-0.2, -0.15) is 15.3 Å². The van der Waals surface area contributed by atoms with Crippen LogP contribution in [-0.2, 0) is 0 Å². The quantitative estimate of drug-likeness (QED) is 0.274. The maximum atomic E-state index is 6.26. The van der Waals surface area contributed by atoms with E-state index >= 15 is 0 Å². The molecule has 0 bridgehead atoms. The summed E-state index contributed by atoms with van der Waals surface area (Å²) in [6, 6.07) is 30.2. The minimum absolute atomic E-state index is 0.527. The van der Waals surface area contributed by atoms with Crippen molar-refractivity contribution in [2.24, 2.45) is 20.5 Å². The van der Waals surface area contributed by atoms with Crippen LogP contribution in [0.1, 0.15) is 0 Å². The molecule has 6 nitrogen and oxygen atoms in total. The Morgan fingerprint density at radius 2 is 1.07 bits per heavy atom. The Kier molecular flexibility index (Phi) is 5.57. The summed E-state index contributed by atoms with van der Waals surface area (Å²) in [4.78, 5) is 0. The third-order valence-electron chi connectivity index (χ3n) is 4.44. The van der Waals surface area contributed by atoms with Crippen molar-refractivity contribution in [2.45, 2.75) is 0 Å². The van der Waals surface area contributed by atoms with E-state index in [4.69, 9.17) is 11.5 Å². The van der Waals surface area contributed by atoms with Crippen molar-refractivity contribution in [3.8, 4) is 11.1 Å². The molecule has 0 spiro atoms. The second-order valence-electron chi connectivity index (χ2n) is 6.62. The lowest BCUT2D eigenvalue weighted by molar-refractivity contribution is 1.23. The lowest BCUT2D eigenvalue weighted by Crippen LogP contribution is -1.91. The Hall–Kier alpha value is -4.32. The molecule has 0 aliphatic rings. The highest BCUT2D eigenvalue weighted by Gasteiger charge is 2.07. The van der Waals surface area contributed by atoms with Crippen LogP contribution < -0.4 is 11.5 Å². The van der Waals surface area contributed by atoms with Gasteiger partial charge in [0, 0.05) is 11.3 Å². The van der Waals surface area contributed by atoms with Gasteiger partial charge in [0.05, 0.1) is 22.7 Å². The molecule has 6 heteroatoms. The number of nitrogens with zero attached hydrogens (tertiary/aromatic N) is 4. The normalized spacial score (nSPS) is 11.3. The number of nitrogens with two attached hydrogens (primary N) is 2. The van der Waals surface area contributed by atoms with Crippen LogP contribution in [-0.4, -0.2) is 0 Å². The van der Waals surface area contributed by atoms with E-state index in [1.54, 1.807) is 6.07 Å². The molecule has 0 saturated carbocycles. The number of nitrogen functional groups attached to an aromatic ring is 2. The van der Waals surface area contributed by atoms with Crippen LogP contribution in [0.25, 0.3) is 11.1 Å². The maximum absolute atomic E-state index is 6.26. The molecule has 4 N–H and O–H groups in total. The van der Waals surface area contributed by atoms with Crippen molar-refractivity contribution in [2.75, 3.05) is 11.5 Å². The first-order valence-corrected chi connectivity index (χ1v) is 9.42. The highest BCUT2D eigenvalue weighted by atomic mass is 15.1. The summed E-state index contributed by atoms with van der Waals surface area (Å²) in [5, 5.41) is 16.9. The van der Waals surface area contributed by atoms with Crippen molar-refractivity contribution >= 4 is 34.1 Å². The van der Waals surface area contributed by atoms with E-state index in [1.165, 1.54) is 0 Å². The standard InChI is InChI=1S/C24H20N6/c25-22-16-20(29-27-18-7-3-1-4-8-18)12-13-21(22)17-11-14-24(23(26)15-17)30-28-19-9-5-2-6-10-19/h1-16H,25-26H2. The van der Waals surface area contributed by atoms with Gasteiger partial charge in [0.15, 0.2) is 0 Å². The minimum atomic E-state index is 0.527. The summed E-state index contributed by atoms with van der Waals surface area (Å²) in [5.41, 5.74) is 18.2. The molecule has 0 aromatic heterocycles. The molecule has 0 unspecified atom stereocenters. The largest absolute Gasteiger partial charge is 0.398 e. The van der Waals surface area contributed by atoms with Gasteiger partial charge in [-0.15, -0.1) is 5.11 Å². The van der Waals surface area contributed by atoms with E-state index in [2.05, 4.69) is 20.5 Å². The fourth-order valence-electron chi connectivity index (χ4n) is 2.90. The average Bonchev–Trinajstić information content (AvgIpc) is 2.78. The van der Waals surface area contributed by atoms with Gasteiger partial charge in [0.1, 0.15) is 5.69 Å². The van der Waals surface area contributed by atoms with E-state index in [-0.39, 0.29) is 0 Å². The van der Waals surface area contributed by atoms with Gasteiger partial charge >= 0.3 is 0 Å².